The molecule has 1 aliphatic heterocycles. The molecule has 9 heteroatoms. The summed E-state index contributed by atoms with van der Waals surface area (Å²) in [6, 6.07) is 1.47. The summed E-state index contributed by atoms with van der Waals surface area (Å²) in [5.74, 6) is -0.0365. The molecule has 0 atom stereocenters. The Morgan fingerprint density at radius 2 is 1.96 bits per heavy atom. The van der Waals surface area contributed by atoms with Gasteiger partial charge in [-0.25, -0.2) is 13.6 Å². The maximum atomic E-state index is 13.0. The molecule has 0 fully saturated rings. The molecule has 0 saturated carbocycles. The zero-order valence-electron chi connectivity index (χ0n) is 13.4. The summed E-state index contributed by atoms with van der Waals surface area (Å²) in [6.07, 6.45) is -4.25. The second kappa shape index (κ2) is 6.36. The minimum atomic E-state index is -4.70. The number of nitrogens with zero attached hydrogens (tertiary/aromatic N) is 1. The molecule has 0 spiro atoms. The largest absolute Gasteiger partial charge is 0.416 e. The van der Waals surface area contributed by atoms with Gasteiger partial charge in [0.05, 0.1) is 10.5 Å². The highest BCUT2D eigenvalue weighted by Gasteiger charge is 2.35. The van der Waals surface area contributed by atoms with Crippen LogP contribution in [0.2, 0.25) is 0 Å². The van der Waals surface area contributed by atoms with Crippen molar-refractivity contribution in [2.24, 2.45) is 11.1 Å². The van der Waals surface area contributed by atoms with Gasteiger partial charge in [0, 0.05) is 19.5 Å². The third-order valence-electron chi connectivity index (χ3n) is 3.86. The zero-order chi connectivity index (χ0) is 18.3. The van der Waals surface area contributed by atoms with Crippen molar-refractivity contribution < 1.29 is 26.4 Å². The van der Waals surface area contributed by atoms with Crippen LogP contribution in [0.5, 0.6) is 0 Å². The van der Waals surface area contributed by atoms with E-state index in [-0.39, 0.29) is 48.9 Å². The number of hydrogen-bond acceptors (Lipinski definition) is 3. The molecule has 134 valence electrons. The Labute approximate surface area is 138 Å². The molecule has 2 rings (SSSR count). The van der Waals surface area contributed by atoms with E-state index in [4.69, 9.17) is 5.14 Å². The number of benzene rings is 1. The predicted octanol–water partition coefficient (Wildman–Crippen LogP) is 2.28. The van der Waals surface area contributed by atoms with E-state index >= 15 is 0 Å². The number of hydrogen-bond donors (Lipinski definition) is 1. The van der Waals surface area contributed by atoms with E-state index in [0.29, 0.717) is 6.07 Å². The number of primary sulfonamides is 1. The number of carbonyl (C=O) groups is 1. The predicted molar refractivity (Wildman–Crippen MR) is 81.4 cm³/mol. The van der Waals surface area contributed by atoms with E-state index < -0.39 is 26.7 Å². The Balaban J connectivity index is 2.48. The molecule has 1 heterocycles. The van der Waals surface area contributed by atoms with Crippen LogP contribution in [0.1, 0.15) is 37.0 Å². The van der Waals surface area contributed by atoms with Gasteiger partial charge in [0.2, 0.25) is 15.9 Å². The van der Waals surface area contributed by atoms with E-state index in [1.165, 1.54) is 4.90 Å². The Bertz CT molecular complexity index is 758. The third kappa shape index (κ3) is 4.07. The first-order valence-electron chi connectivity index (χ1n) is 7.43. The third-order valence-corrected chi connectivity index (χ3v) is 4.84. The highest BCUT2D eigenvalue weighted by molar-refractivity contribution is 7.89. The lowest BCUT2D eigenvalue weighted by molar-refractivity contribution is -0.137. The molecule has 0 aliphatic carbocycles. The van der Waals surface area contributed by atoms with Gasteiger partial charge in [-0.2, -0.15) is 13.2 Å². The van der Waals surface area contributed by atoms with Crippen molar-refractivity contribution in [2.45, 2.75) is 44.3 Å². The van der Waals surface area contributed by atoms with Crippen molar-refractivity contribution in [1.29, 1.82) is 0 Å². The molecule has 5 nitrogen and oxygen atoms in total. The average molecular weight is 364 g/mol. The van der Waals surface area contributed by atoms with Gasteiger partial charge in [0.1, 0.15) is 0 Å². The number of carbonyl (C=O) groups excluding carboxylic acids is 1. The van der Waals surface area contributed by atoms with Gasteiger partial charge in [0.25, 0.3) is 0 Å². The number of fused-ring (bicyclic) bond motifs is 1. The maximum Gasteiger partial charge on any atom is 0.416 e. The number of sulfonamides is 1. The van der Waals surface area contributed by atoms with E-state index in [0.717, 1.165) is 6.07 Å². The Morgan fingerprint density at radius 1 is 1.33 bits per heavy atom. The number of halogens is 3. The number of nitrogens with two attached hydrogens (primary N) is 1. The van der Waals surface area contributed by atoms with E-state index in [9.17, 15) is 26.4 Å². The number of alkyl halides is 3. The topological polar surface area (TPSA) is 80.5 Å². The van der Waals surface area contributed by atoms with Crippen LogP contribution in [-0.2, 0) is 34.0 Å². The van der Waals surface area contributed by atoms with Crippen LogP contribution in [0.15, 0.2) is 17.0 Å². The fourth-order valence-corrected chi connectivity index (χ4v) is 3.64. The molecule has 0 unspecified atom stereocenters. The lowest BCUT2D eigenvalue weighted by atomic mass is 9.96. The highest BCUT2D eigenvalue weighted by atomic mass is 32.2. The molecule has 24 heavy (non-hydrogen) atoms. The molecule has 0 radical (unpaired) electrons. The van der Waals surface area contributed by atoms with Crippen molar-refractivity contribution in [1.82, 2.24) is 4.90 Å². The maximum absolute atomic E-state index is 13.0. The summed E-state index contributed by atoms with van der Waals surface area (Å²) < 4.78 is 62.5. The average Bonchev–Trinajstić information content (AvgIpc) is 2.42. The summed E-state index contributed by atoms with van der Waals surface area (Å²) in [5, 5.41) is 5.08. The minimum Gasteiger partial charge on any atom is -0.338 e. The normalized spacial score (nSPS) is 15.5. The molecular formula is C15H19F3N2O3S. The van der Waals surface area contributed by atoms with Crippen LogP contribution in [-0.4, -0.2) is 25.8 Å². The molecule has 1 amide bonds. The molecular weight excluding hydrogens is 345 g/mol. The highest BCUT2D eigenvalue weighted by Crippen LogP contribution is 2.35. The van der Waals surface area contributed by atoms with Crippen LogP contribution in [0, 0.1) is 5.92 Å². The van der Waals surface area contributed by atoms with Crippen molar-refractivity contribution in [3.63, 3.8) is 0 Å². The fraction of sp³-hybridized carbons (Fsp3) is 0.533. The molecule has 0 bridgehead atoms. The van der Waals surface area contributed by atoms with Gasteiger partial charge in [-0.05, 0) is 35.6 Å². The molecule has 2 N–H and O–H groups in total. The van der Waals surface area contributed by atoms with Crippen LogP contribution in [0.25, 0.3) is 0 Å². The van der Waals surface area contributed by atoms with Crippen molar-refractivity contribution >= 4 is 15.9 Å². The van der Waals surface area contributed by atoms with Gasteiger partial charge >= 0.3 is 6.18 Å². The van der Waals surface area contributed by atoms with E-state index in [1.807, 2.05) is 13.8 Å². The Morgan fingerprint density at radius 3 is 2.46 bits per heavy atom. The summed E-state index contributed by atoms with van der Waals surface area (Å²) in [6.45, 7) is 3.95. The molecule has 0 aromatic heterocycles. The lowest BCUT2D eigenvalue weighted by Gasteiger charge is -2.31. The van der Waals surface area contributed by atoms with Crippen molar-refractivity contribution in [3.05, 3.63) is 28.8 Å². The molecule has 1 aliphatic rings. The Hall–Kier alpha value is -1.61. The van der Waals surface area contributed by atoms with E-state index in [2.05, 4.69) is 0 Å². The molecule has 0 saturated heterocycles. The number of rotatable bonds is 3. The van der Waals surface area contributed by atoms with E-state index in [1.54, 1.807) is 0 Å². The Kier molecular flexibility index (Phi) is 4.96. The van der Waals surface area contributed by atoms with Crippen LogP contribution in [0.4, 0.5) is 13.2 Å². The van der Waals surface area contributed by atoms with Crippen molar-refractivity contribution in [3.8, 4) is 0 Å². The first-order valence-corrected chi connectivity index (χ1v) is 8.97. The minimum absolute atomic E-state index is 0.0483. The number of amides is 1. The van der Waals surface area contributed by atoms with Crippen LogP contribution in [0.3, 0.4) is 0 Å². The zero-order valence-corrected chi connectivity index (χ0v) is 14.2. The first-order chi connectivity index (χ1) is 10.9. The van der Waals surface area contributed by atoms with Gasteiger partial charge in [-0.1, -0.05) is 13.8 Å². The molecule has 1 aromatic rings. The summed E-state index contributed by atoms with van der Waals surface area (Å²) in [5.41, 5.74) is -0.639. The first kappa shape index (κ1) is 18.7. The lowest BCUT2D eigenvalue weighted by Crippen LogP contribution is -2.37. The smallest absolute Gasteiger partial charge is 0.338 e. The van der Waals surface area contributed by atoms with Crippen molar-refractivity contribution in [2.75, 3.05) is 6.54 Å². The monoisotopic (exact) mass is 364 g/mol. The van der Waals surface area contributed by atoms with Gasteiger partial charge in [-0.15, -0.1) is 0 Å². The fourth-order valence-electron chi connectivity index (χ4n) is 2.77. The molecule has 1 aromatic carbocycles. The second-order valence-electron chi connectivity index (χ2n) is 6.32. The van der Waals surface area contributed by atoms with Gasteiger partial charge in [-0.3, -0.25) is 4.79 Å². The van der Waals surface area contributed by atoms with Gasteiger partial charge < -0.3 is 4.90 Å². The quantitative estimate of drug-likeness (QED) is 0.894. The summed E-state index contributed by atoms with van der Waals surface area (Å²) >= 11 is 0. The van der Waals surface area contributed by atoms with Crippen LogP contribution < -0.4 is 5.14 Å². The van der Waals surface area contributed by atoms with Crippen LogP contribution >= 0.6 is 0 Å². The standard InChI is InChI=1S/C15H19F3N2O3S/c1-9(2)5-14(21)20-4-3-12-10(8-20)6-11(15(16,17)18)7-13(12)24(19,22)23/h6-7,9H,3-5,8H2,1-2H3,(H2,19,22,23). The summed E-state index contributed by atoms with van der Waals surface area (Å²) in [4.78, 5) is 13.1. The van der Waals surface area contributed by atoms with Gasteiger partial charge in [0.15, 0.2) is 0 Å². The second-order valence-corrected chi connectivity index (χ2v) is 7.85. The summed E-state index contributed by atoms with van der Waals surface area (Å²) in [7, 11) is -4.29. The SMILES string of the molecule is CC(C)CC(=O)N1CCc2c(cc(C(F)(F)F)cc2S(N)(=O)=O)C1.